The lowest BCUT2D eigenvalue weighted by Crippen LogP contribution is -2.49. The van der Waals surface area contributed by atoms with Crippen LogP contribution in [0.15, 0.2) is 54.6 Å². The monoisotopic (exact) mass is 629 g/mol. The number of hydrogen-bond acceptors (Lipinski definition) is 5. The van der Waals surface area contributed by atoms with Crippen LogP contribution in [0.25, 0.3) is 17.0 Å². The molecule has 3 heterocycles. The van der Waals surface area contributed by atoms with Crippen molar-refractivity contribution in [1.29, 1.82) is 0 Å². The Hall–Kier alpha value is -4.18. The van der Waals surface area contributed by atoms with Crippen LogP contribution in [0.3, 0.4) is 0 Å². The van der Waals surface area contributed by atoms with E-state index in [1.165, 1.54) is 47.6 Å². The number of fused-ring (bicyclic) bond motifs is 1. The normalized spacial score (nSPS) is 22.7. The molecule has 3 amide bonds. The third kappa shape index (κ3) is 7.44. The van der Waals surface area contributed by atoms with E-state index in [-0.39, 0.29) is 24.7 Å². The minimum absolute atomic E-state index is 0.0634. The standard InChI is InChI=1S/C36H41F2N5O3/c1-22(30-17-25(27-4-3-15-42(2)20-27)10-9-24(30)8-7-23-5-6-23)40-36(46)33-18-29(38)21-43(33)34(44)19-39-35(45)32-13-11-26-16-28(37)12-14-31(26)41-32/h7-14,16-17,22-23,27,29,33H,3-6,15,18-21H2,1-2H3,(H,39,45)(H,40,46)/b8-7+/t22-,27-,29+,33-/m0/s1. The van der Waals surface area contributed by atoms with E-state index in [9.17, 15) is 23.2 Å². The van der Waals surface area contributed by atoms with E-state index in [2.05, 4.69) is 57.9 Å². The Morgan fingerprint density at radius 2 is 1.89 bits per heavy atom. The van der Waals surface area contributed by atoms with E-state index in [1.54, 1.807) is 6.07 Å². The Labute approximate surface area is 268 Å². The highest BCUT2D eigenvalue weighted by Gasteiger charge is 2.40. The average molecular weight is 630 g/mol. The van der Waals surface area contributed by atoms with Crippen LogP contribution in [0.4, 0.5) is 8.78 Å². The Bertz CT molecular complexity index is 1660. The van der Waals surface area contributed by atoms with Crippen molar-refractivity contribution in [2.24, 2.45) is 5.92 Å². The maximum Gasteiger partial charge on any atom is 0.270 e. The Balaban J connectivity index is 1.12. The molecule has 0 unspecified atom stereocenters. The summed E-state index contributed by atoms with van der Waals surface area (Å²) in [6.07, 6.45) is 7.56. The van der Waals surface area contributed by atoms with Gasteiger partial charge in [-0.1, -0.05) is 36.4 Å². The van der Waals surface area contributed by atoms with Gasteiger partial charge >= 0.3 is 0 Å². The Morgan fingerprint density at radius 3 is 2.67 bits per heavy atom. The van der Waals surface area contributed by atoms with Crippen LogP contribution in [0.2, 0.25) is 0 Å². The summed E-state index contributed by atoms with van der Waals surface area (Å²) in [5, 5.41) is 6.15. The van der Waals surface area contributed by atoms with E-state index in [4.69, 9.17) is 0 Å². The lowest BCUT2D eigenvalue weighted by molar-refractivity contribution is -0.138. The number of carbonyl (C=O) groups is 3. The molecule has 2 N–H and O–H groups in total. The second kappa shape index (κ2) is 13.7. The van der Waals surface area contributed by atoms with Gasteiger partial charge in [-0.15, -0.1) is 0 Å². The lowest BCUT2D eigenvalue weighted by Gasteiger charge is -2.31. The van der Waals surface area contributed by atoms with Gasteiger partial charge in [0.25, 0.3) is 5.91 Å². The van der Waals surface area contributed by atoms with Crippen LogP contribution in [0, 0.1) is 11.7 Å². The second-order valence-electron chi connectivity index (χ2n) is 13.0. The molecule has 0 radical (unpaired) electrons. The molecule has 0 bridgehead atoms. The minimum atomic E-state index is -1.35. The van der Waals surface area contributed by atoms with Crippen molar-refractivity contribution in [3.8, 4) is 0 Å². The molecule has 1 saturated carbocycles. The van der Waals surface area contributed by atoms with Crippen molar-refractivity contribution < 1.29 is 23.2 Å². The van der Waals surface area contributed by atoms with Gasteiger partial charge in [-0.3, -0.25) is 14.4 Å². The van der Waals surface area contributed by atoms with Gasteiger partial charge in [0, 0.05) is 18.4 Å². The minimum Gasteiger partial charge on any atom is -0.348 e. The van der Waals surface area contributed by atoms with Gasteiger partial charge < -0.3 is 20.4 Å². The quantitative estimate of drug-likeness (QED) is 0.342. The van der Waals surface area contributed by atoms with Crippen LogP contribution in [0.1, 0.15) is 78.2 Å². The fourth-order valence-electron chi connectivity index (χ4n) is 6.61. The highest BCUT2D eigenvalue weighted by molar-refractivity contribution is 5.97. The number of rotatable bonds is 9. The van der Waals surface area contributed by atoms with Gasteiger partial charge in [-0.2, -0.15) is 0 Å². The maximum atomic E-state index is 14.7. The number of pyridine rings is 1. The van der Waals surface area contributed by atoms with E-state index < -0.39 is 42.3 Å². The third-order valence-electron chi connectivity index (χ3n) is 9.36. The van der Waals surface area contributed by atoms with E-state index in [1.807, 2.05) is 6.92 Å². The Morgan fingerprint density at radius 1 is 1.07 bits per heavy atom. The highest BCUT2D eigenvalue weighted by atomic mass is 19.1. The topological polar surface area (TPSA) is 94.6 Å². The molecule has 46 heavy (non-hydrogen) atoms. The molecule has 2 aliphatic heterocycles. The highest BCUT2D eigenvalue weighted by Crippen LogP contribution is 2.34. The molecule has 2 aromatic carbocycles. The number of nitrogens with one attached hydrogen (secondary N) is 2. The molecular formula is C36H41F2N5O3. The molecule has 242 valence electrons. The van der Waals surface area contributed by atoms with Crippen molar-refractivity contribution >= 4 is 34.7 Å². The zero-order chi connectivity index (χ0) is 32.4. The van der Waals surface area contributed by atoms with E-state index >= 15 is 0 Å². The molecule has 4 atom stereocenters. The van der Waals surface area contributed by atoms with Gasteiger partial charge in [0.1, 0.15) is 23.7 Å². The summed E-state index contributed by atoms with van der Waals surface area (Å²) < 4.78 is 28.2. The number of hydrogen-bond donors (Lipinski definition) is 2. The predicted molar refractivity (Wildman–Crippen MR) is 173 cm³/mol. The van der Waals surface area contributed by atoms with E-state index in [0.29, 0.717) is 22.7 Å². The summed E-state index contributed by atoms with van der Waals surface area (Å²) >= 11 is 0. The van der Waals surface area contributed by atoms with Gasteiger partial charge in [0.05, 0.1) is 24.6 Å². The number of nitrogens with zero attached hydrogens (tertiary/aromatic N) is 3. The number of likely N-dealkylation sites (tertiary alicyclic amines) is 2. The summed E-state index contributed by atoms with van der Waals surface area (Å²) in [4.78, 5) is 47.4. The zero-order valence-electron chi connectivity index (χ0n) is 26.3. The number of benzene rings is 2. The van der Waals surface area contributed by atoms with Crippen LogP contribution in [-0.2, 0) is 9.59 Å². The molecule has 3 fully saturated rings. The van der Waals surface area contributed by atoms with Gasteiger partial charge in [-0.05, 0) is 99.0 Å². The van der Waals surface area contributed by atoms with Crippen molar-refractivity contribution in [3.05, 3.63) is 82.8 Å². The van der Waals surface area contributed by atoms with Crippen LogP contribution in [0.5, 0.6) is 0 Å². The first-order valence-corrected chi connectivity index (χ1v) is 16.2. The summed E-state index contributed by atoms with van der Waals surface area (Å²) in [5.41, 5.74) is 3.80. The maximum absolute atomic E-state index is 14.7. The lowest BCUT2D eigenvalue weighted by atomic mass is 9.87. The first-order chi connectivity index (χ1) is 22.1. The number of likely N-dealkylation sites (N-methyl/N-ethyl adjacent to an activating group) is 1. The first kappa shape index (κ1) is 31.8. The van der Waals surface area contributed by atoms with Gasteiger partial charge in [-0.25, -0.2) is 13.8 Å². The van der Waals surface area contributed by atoms with Crippen molar-refractivity contribution in [2.45, 2.75) is 63.2 Å². The molecule has 1 aliphatic carbocycles. The smallest absolute Gasteiger partial charge is 0.270 e. The molecule has 3 aliphatic rings. The fourth-order valence-corrected chi connectivity index (χ4v) is 6.61. The summed E-state index contributed by atoms with van der Waals surface area (Å²) in [5.74, 6) is -0.961. The summed E-state index contributed by atoms with van der Waals surface area (Å²) in [7, 11) is 2.14. The average Bonchev–Trinajstić information content (AvgIpc) is 3.80. The second-order valence-corrected chi connectivity index (χ2v) is 13.0. The summed E-state index contributed by atoms with van der Waals surface area (Å²) in [6.45, 7) is 3.37. The van der Waals surface area contributed by atoms with Crippen LogP contribution >= 0.6 is 0 Å². The molecule has 10 heteroatoms. The Kier molecular flexibility index (Phi) is 9.44. The number of amides is 3. The number of piperidine rings is 1. The number of aromatic nitrogens is 1. The molecule has 2 saturated heterocycles. The largest absolute Gasteiger partial charge is 0.348 e. The van der Waals surface area contributed by atoms with Crippen molar-refractivity contribution in [1.82, 2.24) is 25.4 Å². The molecule has 1 aromatic heterocycles. The molecule has 6 rings (SSSR count). The SMILES string of the molecule is C[C@H](NC(=O)[C@@H]1C[C@@H](F)CN1C(=O)CNC(=O)c1ccc2cc(F)ccc2n1)c1cc([C@H]2CCCN(C)C2)ccc1/C=C/C1CC1. The van der Waals surface area contributed by atoms with Gasteiger partial charge in [0.2, 0.25) is 11.8 Å². The number of alkyl halides is 1. The zero-order valence-corrected chi connectivity index (χ0v) is 26.3. The predicted octanol–water partition coefficient (Wildman–Crippen LogP) is 5.15. The molecule has 0 spiro atoms. The third-order valence-corrected chi connectivity index (χ3v) is 9.36. The van der Waals surface area contributed by atoms with Crippen LogP contribution in [-0.4, -0.2) is 77.9 Å². The van der Waals surface area contributed by atoms with Crippen molar-refractivity contribution in [2.75, 3.05) is 33.2 Å². The first-order valence-electron chi connectivity index (χ1n) is 16.2. The van der Waals surface area contributed by atoms with Crippen molar-refractivity contribution in [3.63, 3.8) is 0 Å². The number of allylic oxidation sites excluding steroid dienone is 1. The molecule has 8 nitrogen and oxygen atoms in total. The summed E-state index contributed by atoms with van der Waals surface area (Å²) in [6, 6.07) is 12.2. The fraction of sp³-hybridized carbons (Fsp3) is 0.444. The van der Waals surface area contributed by atoms with Gasteiger partial charge in [0.15, 0.2) is 0 Å². The van der Waals surface area contributed by atoms with E-state index in [0.717, 1.165) is 37.1 Å². The molecule has 3 aromatic rings. The number of carbonyl (C=O) groups excluding carboxylic acids is 3. The van der Waals surface area contributed by atoms with Crippen LogP contribution < -0.4 is 10.6 Å². The number of halogens is 2. The molecular weight excluding hydrogens is 588 g/mol.